The van der Waals surface area contributed by atoms with Crippen LogP contribution in [-0.2, 0) is 23.9 Å². The zero-order valence-corrected chi connectivity index (χ0v) is 23.4. The lowest BCUT2D eigenvalue weighted by molar-refractivity contribution is -0.273. The van der Waals surface area contributed by atoms with Crippen LogP contribution in [0.15, 0.2) is 34.9 Å². The maximum atomic E-state index is 13.4. The molecule has 5 rings (SSSR count). The quantitative estimate of drug-likeness (QED) is 0.309. The highest BCUT2D eigenvalue weighted by Crippen LogP contribution is 2.69. The molecule has 0 spiro atoms. The molecule has 0 aromatic heterocycles. The number of ketones is 1. The van der Waals surface area contributed by atoms with E-state index in [1.807, 2.05) is 13.8 Å². The van der Waals surface area contributed by atoms with E-state index in [0.717, 1.165) is 0 Å². The summed E-state index contributed by atoms with van der Waals surface area (Å²) in [6, 6.07) is 0. The molecule has 39 heavy (non-hydrogen) atoms. The molecule has 11 atom stereocenters. The van der Waals surface area contributed by atoms with E-state index in [-0.39, 0.29) is 18.6 Å². The lowest BCUT2D eigenvalue weighted by atomic mass is 9.41. The van der Waals surface area contributed by atoms with Gasteiger partial charge in [0.05, 0.1) is 11.5 Å². The second-order valence-corrected chi connectivity index (χ2v) is 12.8. The molecule has 9 nitrogen and oxygen atoms in total. The first kappa shape index (κ1) is 28.2. The van der Waals surface area contributed by atoms with Crippen LogP contribution in [0, 0.1) is 28.6 Å². The van der Waals surface area contributed by atoms with Crippen LogP contribution in [0.4, 0.5) is 0 Å². The summed E-state index contributed by atoms with van der Waals surface area (Å²) < 4.78 is 11.4. The maximum Gasteiger partial charge on any atom is 0.334 e. The highest BCUT2D eigenvalue weighted by atomic mass is 16.6. The van der Waals surface area contributed by atoms with Crippen LogP contribution >= 0.6 is 0 Å². The second-order valence-electron chi connectivity index (χ2n) is 12.8. The second kappa shape index (κ2) is 8.83. The van der Waals surface area contributed by atoms with Crippen LogP contribution in [0.25, 0.3) is 0 Å². The van der Waals surface area contributed by atoms with Gasteiger partial charge in [-0.15, -0.1) is 0 Å². The third kappa shape index (κ3) is 3.42. The molecular weight excluding hydrogens is 504 g/mol. The number of hydrogen-bond donors (Lipinski definition) is 4. The first-order chi connectivity index (χ1) is 18.1. The van der Waals surface area contributed by atoms with Gasteiger partial charge in [0, 0.05) is 23.8 Å². The fourth-order valence-corrected chi connectivity index (χ4v) is 8.75. The van der Waals surface area contributed by atoms with Gasteiger partial charge < -0.3 is 29.9 Å². The standard InChI is InChI=1S/C30H40O9/c1-14-15(2)26(35)39-25(24(14)34)16(3)19-13-23(38-17(4)31)30(37)20-12-22(33)29(36)10-7-8-21(32)28(29,6)18(20)9-11-27(19,30)5/h7-8,13,16,18,20,22-25,33-34,36-37H,9-12H2,1-6H3/t16-,18?,20?,22+,23-,24-,25-,27+,28-,29-,30-/m0/s1. The van der Waals surface area contributed by atoms with Crippen molar-refractivity contribution < 1.29 is 44.3 Å². The summed E-state index contributed by atoms with van der Waals surface area (Å²) >= 11 is 0. The number of aliphatic hydroxyl groups is 4. The lowest BCUT2D eigenvalue weighted by Crippen LogP contribution is -2.74. The summed E-state index contributed by atoms with van der Waals surface area (Å²) in [5, 5.41) is 46.8. The Labute approximate surface area is 228 Å². The number of fused-ring (bicyclic) bond motifs is 5. The fraction of sp³-hybridized carbons (Fsp3) is 0.700. The average Bonchev–Trinajstić information content (AvgIpc) is 3.09. The Morgan fingerprint density at radius 2 is 1.82 bits per heavy atom. The molecule has 2 fully saturated rings. The molecule has 1 heterocycles. The van der Waals surface area contributed by atoms with Crippen molar-refractivity contribution in [1.29, 1.82) is 0 Å². The van der Waals surface area contributed by atoms with Crippen LogP contribution in [-0.4, -0.2) is 73.8 Å². The van der Waals surface area contributed by atoms with Crippen LogP contribution < -0.4 is 0 Å². The van der Waals surface area contributed by atoms with Crippen LogP contribution in [0.1, 0.15) is 67.2 Å². The lowest BCUT2D eigenvalue weighted by Gasteiger charge is -2.65. The Bertz CT molecular complexity index is 1220. The van der Waals surface area contributed by atoms with Gasteiger partial charge >= 0.3 is 11.9 Å². The number of aliphatic hydroxyl groups excluding tert-OH is 2. The third-order valence-corrected chi connectivity index (χ3v) is 11.3. The van der Waals surface area contributed by atoms with Gasteiger partial charge in [0.2, 0.25) is 0 Å². The largest absolute Gasteiger partial charge is 0.455 e. The van der Waals surface area contributed by atoms with Crippen molar-refractivity contribution in [3.8, 4) is 0 Å². The van der Waals surface area contributed by atoms with E-state index < -0.39 is 76.1 Å². The highest BCUT2D eigenvalue weighted by Gasteiger charge is 2.75. The van der Waals surface area contributed by atoms with Gasteiger partial charge in [-0.3, -0.25) is 9.59 Å². The minimum atomic E-state index is -1.72. The number of rotatable bonds is 3. The van der Waals surface area contributed by atoms with E-state index in [4.69, 9.17) is 9.47 Å². The van der Waals surface area contributed by atoms with Crippen molar-refractivity contribution >= 4 is 17.7 Å². The van der Waals surface area contributed by atoms with Crippen molar-refractivity contribution in [3.63, 3.8) is 0 Å². The molecule has 0 aromatic carbocycles. The van der Waals surface area contributed by atoms with Crippen molar-refractivity contribution in [2.45, 2.75) is 103 Å². The molecule has 2 saturated carbocycles. The van der Waals surface area contributed by atoms with Gasteiger partial charge in [-0.2, -0.15) is 0 Å². The number of carbonyl (C=O) groups excluding carboxylic acids is 3. The summed E-state index contributed by atoms with van der Waals surface area (Å²) in [6.07, 6.45) is 1.39. The average molecular weight is 545 g/mol. The number of ether oxygens (including phenoxy) is 2. The monoisotopic (exact) mass is 544 g/mol. The predicted molar refractivity (Wildman–Crippen MR) is 139 cm³/mol. The molecular formula is C30H40O9. The van der Waals surface area contributed by atoms with E-state index in [0.29, 0.717) is 29.6 Å². The van der Waals surface area contributed by atoms with E-state index >= 15 is 0 Å². The first-order valence-corrected chi connectivity index (χ1v) is 13.8. The number of allylic oxidation sites excluding steroid dienone is 1. The highest BCUT2D eigenvalue weighted by molar-refractivity contribution is 5.97. The van der Waals surface area contributed by atoms with E-state index in [2.05, 4.69) is 0 Å². The summed E-state index contributed by atoms with van der Waals surface area (Å²) in [7, 11) is 0. The molecule has 0 radical (unpaired) electrons. The van der Waals surface area contributed by atoms with Gasteiger partial charge in [0.1, 0.15) is 29.5 Å². The van der Waals surface area contributed by atoms with Crippen LogP contribution in [0.3, 0.4) is 0 Å². The van der Waals surface area contributed by atoms with Gasteiger partial charge in [0.25, 0.3) is 0 Å². The molecule has 4 N–H and O–H groups in total. The topological polar surface area (TPSA) is 151 Å². The number of carbonyl (C=O) groups is 3. The molecule has 0 saturated heterocycles. The Morgan fingerprint density at radius 3 is 2.46 bits per heavy atom. The molecule has 4 aliphatic carbocycles. The van der Waals surface area contributed by atoms with E-state index in [1.165, 1.54) is 13.0 Å². The SMILES string of the molecule is CC(=O)O[C@H]1C=C([C@H](C)[C@@H]2OC(=O)C(C)=C(C)[C@@H]2O)[C@@]2(C)CCC3C(C[C@@H](O)[C@@]4(O)CC=CC(=O)[C@]34C)[C@]12O. The molecule has 0 aromatic rings. The zero-order chi connectivity index (χ0) is 28.9. The van der Waals surface area contributed by atoms with Crippen molar-refractivity contribution in [2.75, 3.05) is 0 Å². The van der Waals surface area contributed by atoms with Gasteiger partial charge in [-0.1, -0.05) is 25.5 Å². The van der Waals surface area contributed by atoms with Crippen LogP contribution in [0.5, 0.6) is 0 Å². The molecule has 214 valence electrons. The summed E-state index contributed by atoms with van der Waals surface area (Å²) in [5.41, 5.74) is -4.17. The third-order valence-electron chi connectivity index (χ3n) is 11.3. The van der Waals surface area contributed by atoms with Crippen molar-refractivity contribution in [1.82, 2.24) is 0 Å². The molecule has 0 amide bonds. The molecule has 2 unspecified atom stereocenters. The smallest absolute Gasteiger partial charge is 0.334 e. The Morgan fingerprint density at radius 1 is 1.15 bits per heavy atom. The maximum absolute atomic E-state index is 13.4. The normalized spacial score (nSPS) is 48.0. The van der Waals surface area contributed by atoms with Crippen molar-refractivity contribution in [2.24, 2.45) is 28.6 Å². The predicted octanol–water partition coefficient (Wildman–Crippen LogP) is 1.91. The van der Waals surface area contributed by atoms with E-state index in [1.54, 1.807) is 32.9 Å². The molecule has 1 aliphatic heterocycles. The first-order valence-electron chi connectivity index (χ1n) is 13.8. The van der Waals surface area contributed by atoms with Gasteiger partial charge in [-0.05, 0) is 76.0 Å². The number of hydrogen-bond acceptors (Lipinski definition) is 9. The minimum Gasteiger partial charge on any atom is -0.455 e. The van der Waals surface area contributed by atoms with Gasteiger partial charge in [-0.25, -0.2) is 4.79 Å². The molecule has 0 bridgehead atoms. The van der Waals surface area contributed by atoms with Crippen molar-refractivity contribution in [3.05, 3.63) is 34.9 Å². The van der Waals surface area contributed by atoms with Crippen LogP contribution in [0.2, 0.25) is 0 Å². The zero-order valence-electron chi connectivity index (χ0n) is 23.4. The summed E-state index contributed by atoms with van der Waals surface area (Å²) in [5.74, 6) is -3.14. The summed E-state index contributed by atoms with van der Waals surface area (Å²) in [6.45, 7) is 9.91. The number of cyclic esters (lactones) is 1. The molecule has 5 aliphatic rings. The molecule has 9 heteroatoms. The minimum absolute atomic E-state index is 0.0132. The number of esters is 2. The van der Waals surface area contributed by atoms with Gasteiger partial charge in [0.15, 0.2) is 5.78 Å². The Kier molecular flexibility index (Phi) is 6.39. The summed E-state index contributed by atoms with van der Waals surface area (Å²) in [4.78, 5) is 38.2. The Balaban J connectivity index is 1.60. The fourth-order valence-electron chi connectivity index (χ4n) is 8.75. The van der Waals surface area contributed by atoms with E-state index in [9.17, 15) is 34.8 Å². The Hall–Kier alpha value is -2.33.